The molecule has 14 heteroatoms. The molecule has 0 bridgehead atoms. The topological polar surface area (TPSA) is 103 Å². The molecule has 0 atom stereocenters. The van der Waals surface area contributed by atoms with Gasteiger partial charge in [0.1, 0.15) is 16.5 Å². The second-order valence-corrected chi connectivity index (χ2v) is 10.6. The van der Waals surface area contributed by atoms with Gasteiger partial charge in [-0.2, -0.15) is 0 Å². The summed E-state index contributed by atoms with van der Waals surface area (Å²) in [6, 6.07) is 18.7. The number of carboxylic acids is 1. The van der Waals surface area contributed by atoms with Crippen molar-refractivity contribution in [2.45, 2.75) is 4.90 Å². The monoisotopic (exact) mass is 648 g/mol. The van der Waals surface area contributed by atoms with Crippen LogP contribution in [-0.2, 0) is 10.0 Å². The third-order valence-electron chi connectivity index (χ3n) is 6.20. The number of aromatic carboxylic acids is 1. The zero-order valence-corrected chi connectivity index (χ0v) is 24.7. The van der Waals surface area contributed by atoms with Gasteiger partial charge >= 0.3 is 5.97 Å². The molecule has 214 valence electrons. The molecule has 1 aromatic heterocycles. The molecule has 0 amide bonds. The number of hydrogen-bond acceptors (Lipinski definition) is 6. The maximum absolute atomic E-state index is 14.2. The van der Waals surface area contributed by atoms with Crippen molar-refractivity contribution in [3.05, 3.63) is 89.2 Å². The Bertz CT molecular complexity index is 1620. The summed E-state index contributed by atoms with van der Waals surface area (Å²) >= 11 is 6.05. The predicted octanol–water partition coefficient (Wildman–Crippen LogP) is 6.12. The Morgan fingerprint density at radius 1 is 0.900 bits per heavy atom. The fourth-order valence-corrected chi connectivity index (χ4v) is 5.94. The predicted molar refractivity (Wildman–Crippen MR) is 164 cm³/mol. The molecule has 5 rings (SSSR count). The number of rotatable bonds is 6. The van der Waals surface area contributed by atoms with Gasteiger partial charge < -0.3 is 14.9 Å². The summed E-state index contributed by atoms with van der Waals surface area (Å²) in [5.41, 5.74) is 1.12. The summed E-state index contributed by atoms with van der Waals surface area (Å²) in [6.45, 7) is 2.15. The highest BCUT2D eigenvalue weighted by Crippen LogP contribution is 2.29. The largest absolute Gasteiger partial charge is 0.478 e. The van der Waals surface area contributed by atoms with Crippen molar-refractivity contribution >= 4 is 92.9 Å². The van der Waals surface area contributed by atoms with Crippen LogP contribution in [0.5, 0.6) is 0 Å². The van der Waals surface area contributed by atoms with Gasteiger partial charge in [-0.3, -0.25) is 4.72 Å². The molecule has 0 unspecified atom stereocenters. The van der Waals surface area contributed by atoms with E-state index in [4.69, 9.17) is 11.6 Å². The summed E-state index contributed by atoms with van der Waals surface area (Å²) in [5, 5.41) is 10.3. The number of para-hydroxylation sites is 1. The van der Waals surface area contributed by atoms with Gasteiger partial charge in [0, 0.05) is 37.3 Å². The number of carbonyl (C=O) groups is 1. The van der Waals surface area contributed by atoms with E-state index in [0.29, 0.717) is 48.6 Å². The Hall–Kier alpha value is -3.02. The Kier molecular flexibility index (Phi) is 11.3. The molecule has 1 saturated heterocycles. The Morgan fingerprint density at radius 3 is 2.17 bits per heavy atom. The molecule has 2 N–H and O–H groups in total. The van der Waals surface area contributed by atoms with E-state index in [1.165, 1.54) is 36.4 Å². The average molecular weight is 650 g/mol. The molecule has 0 aliphatic carbocycles. The normalized spacial score (nSPS) is 13.1. The van der Waals surface area contributed by atoms with Gasteiger partial charge in [0.2, 0.25) is 0 Å². The van der Waals surface area contributed by atoms with Gasteiger partial charge in [-0.1, -0.05) is 35.9 Å². The number of anilines is 3. The van der Waals surface area contributed by atoms with Crippen LogP contribution in [0.3, 0.4) is 0 Å². The number of hydrogen-bond donors (Lipinski definition) is 2. The van der Waals surface area contributed by atoms with E-state index in [1.54, 1.807) is 36.4 Å². The highest BCUT2D eigenvalue weighted by molar-refractivity contribution is 7.92. The van der Waals surface area contributed by atoms with Gasteiger partial charge in [-0.15, -0.1) is 37.2 Å². The number of halogens is 5. The molecular weight excluding hydrogens is 625 g/mol. The lowest BCUT2D eigenvalue weighted by molar-refractivity contribution is 0.0699. The van der Waals surface area contributed by atoms with Gasteiger partial charge in [0.15, 0.2) is 0 Å². The maximum Gasteiger partial charge on any atom is 0.336 e. The summed E-state index contributed by atoms with van der Waals surface area (Å²) in [6.07, 6.45) is 0. The van der Waals surface area contributed by atoms with Crippen LogP contribution in [0.4, 0.5) is 21.6 Å². The van der Waals surface area contributed by atoms with Crippen molar-refractivity contribution in [2.75, 3.05) is 40.7 Å². The standard InChI is InChI=1S/C26H22ClFN4O4S.3ClH/c27-20-5-1-4-8-24(20)37(35,36)30-17-9-10-22-18(15-17)19(26(33)34)16-25(29-22)32-13-11-31(12-14-32)23-7-3-2-6-21(23)28;;;/h1-10,15-16,30H,11-14H2,(H,33,34);3*1H. The summed E-state index contributed by atoms with van der Waals surface area (Å²) in [5.74, 6) is -0.957. The molecule has 0 spiro atoms. The number of nitrogens with one attached hydrogen (secondary N) is 1. The number of aromatic nitrogens is 1. The summed E-state index contributed by atoms with van der Waals surface area (Å²) in [7, 11) is -3.99. The van der Waals surface area contributed by atoms with Crippen LogP contribution in [0.25, 0.3) is 10.9 Å². The maximum atomic E-state index is 14.2. The smallest absolute Gasteiger partial charge is 0.336 e. The molecule has 1 fully saturated rings. The Balaban J connectivity index is 0.00000187. The average Bonchev–Trinajstić information content (AvgIpc) is 2.88. The van der Waals surface area contributed by atoms with E-state index in [1.807, 2.05) is 9.80 Å². The third-order valence-corrected chi connectivity index (χ3v) is 8.08. The van der Waals surface area contributed by atoms with E-state index >= 15 is 0 Å². The minimum absolute atomic E-state index is 0. The van der Waals surface area contributed by atoms with Crippen molar-refractivity contribution in [2.24, 2.45) is 0 Å². The summed E-state index contributed by atoms with van der Waals surface area (Å²) < 4.78 is 42.3. The first kappa shape index (κ1) is 33.2. The molecule has 4 aromatic rings. The number of carboxylic acid groups (broad SMARTS) is 1. The number of fused-ring (bicyclic) bond motifs is 1. The van der Waals surface area contributed by atoms with Gasteiger partial charge in [0.25, 0.3) is 10.0 Å². The zero-order valence-electron chi connectivity index (χ0n) is 20.7. The molecular formula is C26H25Cl4FN4O4S. The quantitative estimate of drug-likeness (QED) is 0.259. The Labute approximate surface area is 254 Å². The molecule has 3 aromatic carbocycles. The first-order valence-electron chi connectivity index (χ1n) is 11.4. The van der Waals surface area contributed by atoms with Crippen molar-refractivity contribution in [1.82, 2.24) is 4.98 Å². The number of piperazine rings is 1. The van der Waals surface area contributed by atoms with Crippen LogP contribution in [0.15, 0.2) is 77.7 Å². The highest BCUT2D eigenvalue weighted by atomic mass is 35.5. The van der Waals surface area contributed by atoms with Crippen molar-refractivity contribution < 1.29 is 22.7 Å². The number of benzene rings is 3. The molecule has 8 nitrogen and oxygen atoms in total. The zero-order chi connectivity index (χ0) is 26.2. The van der Waals surface area contributed by atoms with Gasteiger partial charge in [0.05, 0.1) is 21.8 Å². The lowest BCUT2D eigenvalue weighted by Gasteiger charge is -2.37. The number of sulfonamides is 1. The van der Waals surface area contributed by atoms with Crippen molar-refractivity contribution in [3.8, 4) is 0 Å². The molecule has 0 radical (unpaired) electrons. The van der Waals surface area contributed by atoms with Gasteiger partial charge in [-0.25, -0.2) is 22.6 Å². The minimum Gasteiger partial charge on any atom is -0.478 e. The minimum atomic E-state index is -3.99. The molecule has 2 heterocycles. The fraction of sp³-hybridized carbons (Fsp3) is 0.154. The lowest BCUT2D eigenvalue weighted by atomic mass is 10.1. The van der Waals surface area contributed by atoms with E-state index in [9.17, 15) is 22.7 Å². The van der Waals surface area contributed by atoms with E-state index in [-0.39, 0.29) is 64.2 Å². The first-order valence-corrected chi connectivity index (χ1v) is 13.3. The van der Waals surface area contributed by atoms with Crippen LogP contribution >= 0.6 is 48.8 Å². The van der Waals surface area contributed by atoms with Gasteiger partial charge in [-0.05, 0) is 48.5 Å². The van der Waals surface area contributed by atoms with E-state index in [0.717, 1.165) is 0 Å². The van der Waals surface area contributed by atoms with Crippen LogP contribution in [0.2, 0.25) is 5.02 Å². The molecule has 1 aliphatic rings. The van der Waals surface area contributed by atoms with Crippen LogP contribution < -0.4 is 14.5 Å². The fourth-order valence-electron chi connectivity index (χ4n) is 4.37. The van der Waals surface area contributed by atoms with Crippen LogP contribution in [0, 0.1) is 5.82 Å². The third kappa shape index (κ3) is 6.82. The first-order chi connectivity index (χ1) is 17.7. The molecule has 1 aliphatic heterocycles. The molecule has 40 heavy (non-hydrogen) atoms. The summed E-state index contributed by atoms with van der Waals surface area (Å²) in [4.78, 5) is 20.6. The van der Waals surface area contributed by atoms with Crippen LogP contribution in [0.1, 0.15) is 10.4 Å². The highest BCUT2D eigenvalue weighted by Gasteiger charge is 2.23. The van der Waals surface area contributed by atoms with Crippen LogP contribution in [-0.4, -0.2) is 50.7 Å². The number of pyridine rings is 1. The SMILES string of the molecule is Cl.Cl.Cl.O=C(O)c1cc(N2CCN(c3ccccc3F)CC2)nc2ccc(NS(=O)(=O)c3ccccc3Cl)cc12. The molecule has 0 saturated carbocycles. The second kappa shape index (κ2) is 13.6. The van der Waals surface area contributed by atoms with E-state index in [2.05, 4.69) is 9.71 Å². The lowest BCUT2D eigenvalue weighted by Crippen LogP contribution is -2.47. The Morgan fingerprint density at radius 2 is 1.52 bits per heavy atom. The van der Waals surface area contributed by atoms with Crippen molar-refractivity contribution in [3.63, 3.8) is 0 Å². The van der Waals surface area contributed by atoms with Crippen molar-refractivity contribution in [1.29, 1.82) is 0 Å². The van der Waals surface area contributed by atoms with E-state index < -0.39 is 16.0 Å². The second-order valence-electron chi connectivity index (χ2n) is 8.53. The number of nitrogens with zero attached hydrogens (tertiary/aromatic N) is 3.